The van der Waals surface area contributed by atoms with Crippen LogP contribution in [0, 0.1) is 0 Å². The first-order valence-corrected chi connectivity index (χ1v) is 9.64. The van der Waals surface area contributed by atoms with Crippen molar-refractivity contribution in [3.63, 3.8) is 0 Å². The normalized spacial score (nSPS) is 12.7. The van der Waals surface area contributed by atoms with E-state index in [1.165, 1.54) is 16.7 Å². The molecule has 140 valence electrons. The number of nitrogens with one attached hydrogen (secondary N) is 1. The average Bonchev–Trinajstić information content (AvgIpc) is 2.67. The van der Waals surface area contributed by atoms with Crippen LogP contribution >= 0.6 is 11.6 Å². The van der Waals surface area contributed by atoms with Crippen molar-refractivity contribution in [1.29, 1.82) is 0 Å². The van der Waals surface area contributed by atoms with Crippen LogP contribution in [0.2, 0.25) is 5.02 Å². The predicted molar refractivity (Wildman–Crippen MR) is 114 cm³/mol. The molecule has 1 unspecified atom stereocenters. The van der Waals surface area contributed by atoms with Crippen molar-refractivity contribution in [2.75, 3.05) is 6.54 Å². The van der Waals surface area contributed by atoms with Crippen LogP contribution in [-0.2, 0) is 6.42 Å². The maximum Gasteiger partial charge on any atom is 0.0915 e. The molecule has 0 aromatic heterocycles. The van der Waals surface area contributed by atoms with Gasteiger partial charge in [-0.2, -0.15) is 0 Å². The Kier molecular flexibility index (Phi) is 6.33. The van der Waals surface area contributed by atoms with Gasteiger partial charge in [-0.05, 0) is 54.7 Å². The lowest BCUT2D eigenvalue weighted by Crippen LogP contribution is -2.43. The quantitative estimate of drug-likeness (QED) is 0.555. The van der Waals surface area contributed by atoms with Gasteiger partial charge in [0.25, 0.3) is 0 Å². The Labute approximate surface area is 166 Å². The highest BCUT2D eigenvalue weighted by molar-refractivity contribution is 6.30. The molecule has 2 nitrogen and oxygen atoms in total. The van der Waals surface area contributed by atoms with Gasteiger partial charge in [0.05, 0.1) is 6.10 Å². The standard InChI is InChI=1S/C24H26ClNO/c1-24(2,26-17-23(27)21-9-6-10-22(25)15-21)16-18-11-13-20(14-12-18)19-7-4-3-5-8-19/h3-15,23,26-27H,16-17H2,1-2H3. The molecule has 0 heterocycles. The summed E-state index contributed by atoms with van der Waals surface area (Å²) in [4.78, 5) is 0. The number of hydrogen-bond acceptors (Lipinski definition) is 2. The number of halogens is 1. The Morgan fingerprint density at radius 2 is 1.56 bits per heavy atom. The third kappa shape index (κ3) is 5.67. The number of β-amino-alcohol motifs (C(OH)–C–C–N with tert-alkyl or cyclic N) is 1. The first-order valence-electron chi connectivity index (χ1n) is 9.26. The topological polar surface area (TPSA) is 32.3 Å². The summed E-state index contributed by atoms with van der Waals surface area (Å²) in [6.45, 7) is 4.79. The van der Waals surface area contributed by atoms with Crippen LogP contribution < -0.4 is 5.32 Å². The Morgan fingerprint density at radius 1 is 0.889 bits per heavy atom. The van der Waals surface area contributed by atoms with E-state index in [0.29, 0.717) is 11.6 Å². The largest absolute Gasteiger partial charge is 0.387 e. The van der Waals surface area contributed by atoms with E-state index in [1.54, 1.807) is 0 Å². The molecule has 0 saturated heterocycles. The lowest BCUT2D eigenvalue weighted by atomic mass is 9.93. The molecule has 0 bridgehead atoms. The monoisotopic (exact) mass is 379 g/mol. The van der Waals surface area contributed by atoms with E-state index >= 15 is 0 Å². The second-order valence-electron chi connectivity index (χ2n) is 7.58. The highest BCUT2D eigenvalue weighted by Gasteiger charge is 2.20. The van der Waals surface area contributed by atoms with Crippen molar-refractivity contribution in [2.45, 2.75) is 31.9 Å². The minimum absolute atomic E-state index is 0.131. The lowest BCUT2D eigenvalue weighted by molar-refractivity contribution is 0.160. The zero-order chi connectivity index (χ0) is 19.3. The Hall–Kier alpha value is -2.13. The minimum atomic E-state index is -0.580. The fourth-order valence-corrected chi connectivity index (χ4v) is 3.42. The molecule has 3 aromatic rings. The van der Waals surface area contributed by atoms with Gasteiger partial charge >= 0.3 is 0 Å². The molecular weight excluding hydrogens is 354 g/mol. The van der Waals surface area contributed by atoms with Crippen LogP contribution in [0.4, 0.5) is 0 Å². The zero-order valence-corrected chi connectivity index (χ0v) is 16.6. The summed E-state index contributed by atoms with van der Waals surface area (Å²) in [5.74, 6) is 0. The van der Waals surface area contributed by atoms with Crippen molar-refractivity contribution in [2.24, 2.45) is 0 Å². The fourth-order valence-electron chi connectivity index (χ4n) is 3.22. The van der Waals surface area contributed by atoms with Crippen molar-refractivity contribution in [1.82, 2.24) is 5.32 Å². The van der Waals surface area contributed by atoms with Gasteiger partial charge in [-0.25, -0.2) is 0 Å². The number of rotatable bonds is 7. The van der Waals surface area contributed by atoms with Crippen LogP contribution in [-0.4, -0.2) is 17.2 Å². The predicted octanol–water partition coefficient (Wildman–Crippen LogP) is 5.65. The van der Waals surface area contributed by atoms with Crippen molar-refractivity contribution in [3.8, 4) is 11.1 Å². The SMILES string of the molecule is CC(C)(Cc1ccc(-c2ccccc2)cc1)NCC(O)c1cccc(Cl)c1. The molecule has 0 amide bonds. The van der Waals surface area contributed by atoms with Crippen LogP contribution in [0.1, 0.15) is 31.1 Å². The maximum absolute atomic E-state index is 10.4. The van der Waals surface area contributed by atoms with Crippen molar-refractivity contribution >= 4 is 11.6 Å². The zero-order valence-electron chi connectivity index (χ0n) is 15.8. The third-order valence-corrected chi connectivity index (χ3v) is 4.95. The molecule has 0 radical (unpaired) electrons. The fraction of sp³-hybridized carbons (Fsp3) is 0.250. The minimum Gasteiger partial charge on any atom is -0.387 e. The smallest absolute Gasteiger partial charge is 0.0915 e. The number of aliphatic hydroxyl groups is 1. The third-order valence-electron chi connectivity index (χ3n) is 4.71. The first-order chi connectivity index (χ1) is 12.9. The Balaban J connectivity index is 1.59. The van der Waals surface area contributed by atoms with Gasteiger partial charge < -0.3 is 10.4 Å². The summed E-state index contributed by atoms with van der Waals surface area (Å²) < 4.78 is 0. The summed E-state index contributed by atoms with van der Waals surface area (Å²) in [6.07, 6.45) is 0.299. The Morgan fingerprint density at radius 3 is 2.22 bits per heavy atom. The van der Waals surface area contributed by atoms with Crippen molar-refractivity contribution in [3.05, 3.63) is 95.0 Å². The summed E-state index contributed by atoms with van der Waals surface area (Å²) in [7, 11) is 0. The van der Waals surface area contributed by atoms with Crippen LogP contribution in [0.5, 0.6) is 0 Å². The van der Waals surface area contributed by atoms with Gasteiger partial charge in [-0.1, -0.05) is 78.3 Å². The van der Waals surface area contributed by atoms with Crippen LogP contribution in [0.3, 0.4) is 0 Å². The number of aliphatic hydroxyl groups excluding tert-OH is 1. The van der Waals surface area contributed by atoms with Gasteiger partial charge in [0.2, 0.25) is 0 Å². The molecular formula is C24H26ClNO. The van der Waals surface area contributed by atoms with E-state index in [1.807, 2.05) is 30.3 Å². The molecule has 0 fully saturated rings. The molecule has 1 atom stereocenters. The van der Waals surface area contributed by atoms with Gasteiger partial charge in [-0.3, -0.25) is 0 Å². The summed E-state index contributed by atoms with van der Waals surface area (Å²) in [6, 6.07) is 26.5. The second-order valence-corrected chi connectivity index (χ2v) is 8.01. The molecule has 0 aliphatic rings. The second kappa shape index (κ2) is 8.71. The van der Waals surface area contributed by atoms with Crippen LogP contribution in [0.25, 0.3) is 11.1 Å². The van der Waals surface area contributed by atoms with E-state index in [4.69, 9.17) is 11.6 Å². The highest BCUT2D eigenvalue weighted by Crippen LogP contribution is 2.22. The molecule has 27 heavy (non-hydrogen) atoms. The van der Waals surface area contributed by atoms with E-state index in [0.717, 1.165) is 12.0 Å². The molecule has 0 aliphatic heterocycles. The van der Waals surface area contributed by atoms with Crippen molar-refractivity contribution < 1.29 is 5.11 Å². The van der Waals surface area contributed by atoms with E-state index in [9.17, 15) is 5.11 Å². The number of hydrogen-bond donors (Lipinski definition) is 2. The molecule has 0 spiro atoms. The van der Waals surface area contributed by atoms with E-state index in [-0.39, 0.29) is 5.54 Å². The molecule has 0 saturated carbocycles. The molecule has 3 aromatic carbocycles. The maximum atomic E-state index is 10.4. The van der Waals surface area contributed by atoms with Gasteiger partial charge in [0, 0.05) is 17.1 Å². The van der Waals surface area contributed by atoms with E-state index in [2.05, 4.69) is 67.7 Å². The van der Waals surface area contributed by atoms with Gasteiger partial charge in [0.1, 0.15) is 0 Å². The Bertz CT molecular complexity index is 859. The van der Waals surface area contributed by atoms with Crippen LogP contribution in [0.15, 0.2) is 78.9 Å². The van der Waals surface area contributed by atoms with E-state index < -0.39 is 6.10 Å². The lowest BCUT2D eigenvalue weighted by Gasteiger charge is -2.28. The first kappa shape index (κ1) is 19.6. The summed E-state index contributed by atoms with van der Waals surface area (Å²) in [5, 5.41) is 14.5. The summed E-state index contributed by atoms with van der Waals surface area (Å²) >= 11 is 6.01. The summed E-state index contributed by atoms with van der Waals surface area (Å²) in [5.41, 5.74) is 4.42. The molecule has 0 aliphatic carbocycles. The highest BCUT2D eigenvalue weighted by atomic mass is 35.5. The van der Waals surface area contributed by atoms with Gasteiger partial charge in [-0.15, -0.1) is 0 Å². The van der Waals surface area contributed by atoms with Gasteiger partial charge in [0.15, 0.2) is 0 Å². The number of benzene rings is 3. The molecule has 3 rings (SSSR count). The average molecular weight is 380 g/mol. The molecule has 3 heteroatoms. The molecule has 2 N–H and O–H groups in total.